The average molecular weight is 515 g/mol. The van der Waals surface area contributed by atoms with Crippen molar-refractivity contribution in [3.63, 3.8) is 0 Å². The summed E-state index contributed by atoms with van der Waals surface area (Å²) in [5.41, 5.74) is 2.86. The van der Waals surface area contributed by atoms with Gasteiger partial charge in [-0.1, -0.05) is 48.6 Å². The third kappa shape index (κ3) is 9.23. The van der Waals surface area contributed by atoms with Crippen LogP contribution >= 0.6 is 0 Å². The van der Waals surface area contributed by atoms with Crippen LogP contribution in [0.3, 0.4) is 0 Å². The number of benzene rings is 2. The predicted molar refractivity (Wildman–Crippen MR) is 126 cm³/mol. The first-order valence-electron chi connectivity index (χ1n) is 11.6. The second-order valence-corrected chi connectivity index (χ2v) is 8.14. The Bertz CT molecular complexity index is 964. The van der Waals surface area contributed by atoms with Crippen molar-refractivity contribution in [2.75, 3.05) is 26.2 Å². The molecule has 0 radical (unpaired) electrons. The minimum absolute atomic E-state index is 0.127. The number of allylic oxidation sites excluding steroid dienone is 1. The van der Waals surface area contributed by atoms with Crippen molar-refractivity contribution in [3.05, 3.63) is 71.8 Å². The van der Waals surface area contributed by atoms with Crippen LogP contribution in [-0.2, 0) is 0 Å². The number of hydrogen-bond donors (Lipinski definition) is 2. The van der Waals surface area contributed by atoms with Gasteiger partial charge in [-0.3, -0.25) is 0 Å². The Kier molecular flexibility index (Phi) is 9.83. The molecule has 196 valence electrons. The number of nitrogens with one attached hydrogen (secondary N) is 2. The van der Waals surface area contributed by atoms with Crippen LogP contribution in [0.5, 0.6) is 11.5 Å². The second kappa shape index (κ2) is 12.8. The van der Waals surface area contributed by atoms with E-state index in [1.165, 1.54) is 12.1 Å². The molecule has 36 heavy (non-hydrogen) atoms. The highest BCUT2D eigenvalue weighted by atomic mass is 19.4. The van der Waals surface area contributed by atoms with Crippen LogP contribution < -0.4 is 20.1 Å². The van der Waals surface area contributed by atoms with Gasteiger partial charge in [-0.15, -0.1) is 26.3 Å². The summed E-state index contributed by atoms with van der Waals surface area (Å²) < 4.78 is 82.0. The first-order valence-corrected chi connectivity index (χ1v) is 11.6. The molecule has 0 bridgehead atoms. The molecule has 0 saturated carbocycles. The van der Waals surface area contributed by atoms with E-state index in [-0.39, 0.29) is 11.5 Å². The quantitative estimate of drug-likeness (QED) is 0.446. The average Bonchev–Trinajstić information content (AvgIpc) is 3.24. The smallest absolute Gasteiger partial charge is 0.405 e. The molecule has 0 aliphatic carbocycles. The third-order valence-electron chi connectivity index (χ3n) is 5.49. The van der Waals surface area contributed by atoms with Crippen molar-refractivity contribution in [1.29, 1.82) is 0 Å². The number of rotatable bonds is 4. The molecule has 2 aromatic rings. The van der Waals surface area contributed by atoms with Crippen LogP contribution in [0.15, 0.2) is 60.7 Å². The van der Waals surface area contributed by atoms with Gasteiger partial charge in [0.1, 0.15) is 11.5 Å². The van der Waals surface area contributed by atoms with E-state index in [1.807, 2.05) is 12.2 Å². The summed E-state index contributed by atoms with van der Waals surface area (Å²) in [7, 11) is 0. The van der Waals surface area contributed by atoms with Crippen LogP contribution in [0.4, 0.5) is 26.3 Å². The summed E-state index contributed by atoms with van der Waals surface area (Å²) in [6.45, 7) is 3.18. The number of ether oxygens (including phenoxy) is 2. The molecule has 2 aliphatic rings. The van der Waals surface area contributed by atoms with Crippen molar-refractivity contribution in [2.45, 2.75) is 38.4 Å². The second-order valence-electron chi connectivity index (χ2n) is 8.14. The molecule has 0 fully saturated rings. The molecule has 0 atom stereocenters. The van der Waals surface area contributed by atoms with Crippen LogP contribution in [0.25, 0.3) is 11.1 Å². The van der Waals surface area contributed by atoms with Crippen LogP contribution in [0, 0.1) is 0 Å². The van der Waals surface area contributed by atoms with Gasteiger partial charge in [0, 0.05) is 17.7 Å². The number of halogens is 6. The Labute approximate surface area is 206 Å². The van der Waals surface area contributed by atoms with Crippen LogP contribution in [0.1, 0.15) is 36.8 Å². The maximum Gasteiger partial charge on any atom is 0.573 e. The molecule has 2 heterocycles. The van der Waals surface area contributed by atoms with E-state index >= 15 is 0 Å². The Hall–Kier alpha value is -2.98. The maximum absolute atomic E-state index is 12.3. The van der Waals surface area contributed by atoms with E-state index in [4.69, 9.17) is 0 Å². The lowest BCUT2D eigenvalue weighted by atomic mass is 10.0. The highest BCUT2D eigenvalue weighted by molar-refractivity contribution is 5.71. The molecule has 2 aliphatic heterocycles. The molecular formula is C26H28F6N2O2. The molecule has 0 amide bonds. The standard InChI is InChI=1S/2C13H14F3NO/c2*14-13(15,16)18-12-6-2-1-5-11(12)10-4-3-8-17-9-7-10/h1-2,5-7,17H,3-4,8-9H2;1-2,4-6,17H,3,7-9H2. The zero-order valence-corrected chi connectivity index (χ0v) is 19.5. The lowest BCUT2D eigenvalue weighted by molar-refractivity contribution is -0.275. The minimum Gasteiger partial charge on any atom is -0.405 e. The molecule has 0 spiro atoms. The summed E-state index contributed by atoms with van der Waals surface area (Å²) >= 11 is 0. The number of hydrogen-bond acceptors (Lipinski definition) is 4. The fraction of sp³-hybridized carbons (Fsp3) is 0.385. The first kappa shape index (κ1) is 27.6. The van der Waals surface area contributed by atoms with Gasteiger partial charge in [0.15, 0.2) is 0 Å². The summed E-state index contributed by atoms with van der Waals surface area (Å²) in [4.78, 5) is 0. The molecular weight excluding hydrogens is 486 g/mol. The summed E-state index contributed by atoms with van der Waals surface area (Å²) in [6.07, 6.45) is -2.23. The van der Waals surface area contributed by atoms with E-state index in [2.05, 4.69) is 20.1 Å². The van der Waals surface area contributed by atoms with Crippen molar-refractivity contribution in [1.82, 2.24) is 10.6 Å². The van der Waals surface area contributed by atoms with Crippen LogP contribution in [0.2, 0.25) is 0 Å². The van der Waals surface area contributed by atoms with E-state index in [9.17, 15) is 26.3 Å². The minimum atomic E-state index is -4.65. The summed E-state index contributed by atoms with van der Waals surface area (Å²) in [5.74, 6) is -0.253. The van der Waals surface area contributed by atoms with E-state index < -0.39 is 12.7 Å². The van der Waals surface area contributed by atoms with Crippen molar-refractivity contribution >= 4 is 11.1 Å². The normalized spacial score (nSPS) is 16.9. The van der Waals surface area contributed by atoms with E-state index in [0.29, 0.717) is 24.1 Å². The fourth-order valence-corrected chi connectivity index (χ4v) is 3.98. The first-order chi connectivity index (χ1) is 17.1. The third-order valence-corrected chi connectivity index (χ3v) is 5.49. The summed E-state index contributed by atoms with van der Waals surface area (Å²) in [6, 6.07) is 12.6. The Morgan fingerprint density at radius 2 is 1.17 bits per heavy atom. The van der Waals surface area contributed by atoms with Gasteiger partial charge in [-0.25, -0.2) is 0 Å². The summed E-state index contributed by atoms with van der Waals surface area (Å²) in [5, 5.41) is 6.37. The van der Waals surface area contributed by atoms with Gasteiger partial charge in [0.25, 0.3) is 0 Å². The zero-order valence-electron chi connectivity index (χ0n) is 19.5. The van der Waals surface area contributed by atoms with Gasteiger partial charge in [0.2, 0.25) is 0 Å². The van der Waals surface area contributed by atoms with E-state index in [0.717, 1.165) is 50.0 Å². The molecule has 4 nitrogen and oxygen atoms in total. The Morgan fingerprint density at radius 3 is 1.75 bits per heavy atom. The van der Waals surface area contributed by atoms with Crippen molar-refractivity contribution in [2.24, 2.45) is 0 Å². The van der Waals surface area contributed by atoms with Crippen molar-refractivity contribution < 1.29 is 35.8 Å². The molecule has 2 N–H and O–H groups in total. The van der Waals surface area contributed by atoms with Gasteiger partial charge < -0.3 is 20.1 Å². The lowest BCUT2D eigenvalue weighted by Gasteiger charge is -2.14. The topological polar surface area (TPSA) is 42.5 Å². The zero-order chi connectivity index (χ0) is 26.0. The number of alkyl halides is 6. The van der Waals surface area contributed by atoms with Crippen molar-refractivity contribution in [3.8, 4) is 11.5 Å². The monoisotopic (exact) mass is 514 g/mol. The molecule has 4 rings (SSSR count). The highest BCUT2D eigenvalue weighted by Crippen LogP contribution is 2.34. The lowest BCUT2D eigenvalue weighted by Crippen LogP contribution is -2.18. The van der Waals surface area contributed by atoms with Gasteiger partial charge in [0.05, 0.1) is 0 Å². The highest BCUT2D eigenvalue weighted by Gasteiger charge is 2.33. The largest absolute Gasteiger partial charge is 0.573 e. The van der Waals surface area contributed by atoms with E-state index in [1.54, 1.807) is 36.4 Å². The molecule has 10 heteroatoms. The number of para-hydroxylation sites is 2. The molecule has 0 unspecified atom stereocenters. The molecule has 0 aromatic heterocycles. The van der Waals surface area contributed by atoms with Crippen LogP contribution in [-0.4, -0.2) is 38.9 Å². The van der Waals surface area contributed by atoms with Gasteiger partial charge >= 0.3 is 12.7 Å². The fourth-order valence-electron chi connectivity index (χ4n) is 3.98. The Morgan fingerprint density at radius 1 is 0.611 bits per heavy atom. The van der Waals surface area contributed by atoms with Gasteiger partial charge in [-0.05, 0) is 68.6 Å². The SMILES string of the molecule is FC(F)(F)Oc1ccccc1C1=CCCNCC1.FC(F)(F)Oc1ccccc1C1=CCNCCC1. The predicted octanol–water partition coefficient (Wildman–Crippen LogP) is 6.70. The molecule has 0 saturated heterocycles. The van der Waals surface area contributed by atoms with Gasteiger partial charge in [-0.2, -0.15) is 0 Å². The Balaban J connectivity index is 0.000000201. The molecule has 2 aromatic carbocycles. The maximum atomic E-state index is 12.3.